The van der Waals surface area contributed by atoms with E-state index in [2.05, 4.69) is 16.5 Å². The van der Waals surface area contributed by atoms with Crippen molar-refractivity contribution in [3.8, 4) is 5.75 Å². The van der Waals surface area contributed by atoms with Crippen molar-refractivity contribution >= 4 is 5.91 Å². The summed E-state index contributed by atoms with van der Waals surface area (Å²) in [6.45, 7) is 4.13. The number of hydrogen-bond acceptors (Lipinski definition) is 4. The van der Waals surface area contributed by atoms with Gasteiger partial charge in [0.2, 0.25) is 5.91 Å². The van der Waals surface area contributed by atoms with Gasteiger partial charge >= 0.3 is 0 Å². The molecule has 1 unspecified atom stereocenters. The van der Waals surface area contributed by atoms with Gasteiger partial charge in [-0.15, -0.1) is 5.10 Å². The molecule has 2 heterocycles. The Bertz CT molecular complexity index is 736. The van der Waals surface area contributed by atoms with E-state index in [1.165, 1.54) is 12.8 Å². The van der Waals surface area contributed by atoms with Crippen LogP contribution in [-0.2, 0) is 11.2 Å². The van der Waals surface area contributed by atoms with Gasteiger partial charge in [0.15, 0.2) is 0 Å². The molecule has 132 valence electrons. The molecule has 0 spiro atoms. The molecule has 1 atom stereocenters. The molecule has 1 saturated carbocycles. The number of likely N-dealkylation sites (tertiary alicyclic amines) is 1. The number of nitrogens with zero attached hydrogens (tertiary/aromatic N) is 4. The highest BCUT2D eigenvalue weighted by molar-refractivity contribution is 5.79. The van der Waals surface area contributed by atoms with Crippen molar-refractivity contribution in [3.05, 3.63) is 41.7 Å². The van der Waals surface area contributed by atoms with Crippen molar-refractivity contribution in [2.24, 2.45) is 0 Å². The number of benzene rings is 1. The van der Waals surface area contributed by atoms with Crippen LogP contribution in [0.15, 0.2) is 30.5 Å². The number of carbonyl (C=O) groups excluding carboxylic acids is 1. The molecule has 2 aromatic rings. The SMILES string of the molecule is CCOc1ccc(CC(=O)N2CCC(n3cc(C4CC4)nn3)C2)cc1. The molecule has 6 heteroatoms. The summed E-state index contributed by atoms with van der Waals surface area (Å²) in [5, 5.41) is 8.56. The maximum Gasteiger partial charge on any atom is 0.227 e. The summed E-state index contributed by atoms with van der Waals surface area (Å²) in [4.78, 5) is 14.5. The van der Waals surface area contributed by atoms with Crippen LogP contribution in [-0.4, -0.2) is 45.5 Å². The number of ether oxygens (including phenoxy) is 1. The number of hydrogen-bond donors (Lipinski definition) is 0. The average molecular weight is 340 g/mol. The van der Waals surface area contributed by atoms with Crippen LogP contribution in [0.25, 0.3) is 0 Å². The molecule has 0 N–H and O–H groups in total. The second-order valence-corrected chi connectivity index (χ2v) is 6.93. The fourth-order valence-electron chi connectivity index (χ4n) is 3.38. The van der Waals surface area contributed by atoms with Crippen molar-refractivity contribution in [3.63, 3.8) is 0 Å². The third-order valence-electron chi connectivity index (χ3n) is 5.00. The number of aromatic nitrogens is 3. The Balaban J connectivity index is 1.33. The Labute approximate surface area is 147 Å². The molecular weight excluding hydrogens is 316 g/mol. The van der Waals surface area contributed by atoms with Gasteiger partial charge in [-0.1, -0.05) is 17.3 Å². The van der Waals surface area contributed by atoms with Crippen LogP contribution in [0, 0.1) is 0 Å². The van der Waals surface area contributed by atoms with Gasteiger partial charge in [-0.05, 0) is 43.9 Å². The molecule has 2 aliphatic rings. The predicted octanol–water partition coefficient (Wildman–Crippen LogP) is 2.57. The molecule has 1 aromatic carbocycles. The molecule has 2 fully saturated rings. The second-order valence-electron chi connectivity index (χ2n) is 6.93. The highest BCUT2D eigenvalue weighted by Gasteiger charge is 2.31. The van der Waals surface area contributed by atoms with Crippen molar-refractivity contribution in [1.29, 1.82) is 0 Å². The summed E-state index contributed by atoms with van der Waals surface area (Å²) in [5.41, 5.74) is 2.13. The topological polar surface area (TPSA) is 60.2 Å². The van der Waals surface area contributed by atoms with Gasteiger partial charge in [-0.3, -0.25) is 4.79 Å². The fourth-order valence-corrected chi connectivity index (χ4v) is 3.38. The van der Waals surface area contributed by atoms with E-state index in [-0.39, 0.29) is 11.9 Å². The molecular formula is C19H24N4O2. The highest BCUT2D eigenvalue weighted by atomic mass is 16.5. The Morgan fingerprint density at radius 3 is 2.76 bits per heavy atom. The predicted molar refractivity (Wildman–Crippen MR) is 93.5 cm³/mol. The normalized spacial score (nSPS) is 20.0. The second kappa shape index (κ2) is 6.86. The summed E-state index contributed by atoms with van der Waals surface area (Å²) in [6, 6.07) is 8.04. The van der Waals surface area contributed by atoms with Gasteiger partial charge in [0.05, 0.1) is 24.8 Å². The molecule has 6 nitrogen and oxygen atoms in total. The molecule has 1 aliphatic carbocycles. The Morgan fingerprint density at radius 1 is 1.24 bits per heavy atom. The van der Waals surface area contributed by atoms with Crippen molar-refractivity contribution in [2.75, 3.05) is 19.7 Å². The summed E-state index contributed by atoms with van der Waals surface area (Å²) in [6.07, 6.45) is 5.92. The van der Waals surface area contributed by atoms with Crippen molar-refractivity contribution < 1.29 is 9.53 Å². The summed E-state index contributed by atoms with van der Waals surface area (Å²) < 4.78 is 7.40. The van der Waals surface area contributed by atoms with Crippen LogP contribution in [0.4, 0.5) is 0 Å². The average Bonchev–Trinajstić information content (AvgIpc) is 3.15. The van der Waals surface area contributed by atoms with E-state index in [1.54, 1.807) is 0 Å². The molecule has 0 radical (unpaired) electrons. The van der Waals surface area contributed by atoms with E-state index in [1.807, 2.05) is 40.8 Å². The molecule has 1 aromatic heterocycles. The third kappa shape index (κ3) is 3.67. The van der Waals surface area contributed by atoms with Gasteiger partial charge in [-0.25, -0.2) is 4.68 Å². The maximum atomic E-state index is 12.6. The number of carbonyl (C=O) groups is 1. The lowest BCUT2D eigenvalue weighted by Crippen LogP contribution is -2.30. The lowest BCUT2D eigenvalue weighted by molar-refractivity contribution is -0.129. The van der Waals surface area contributed by atoms with Crippen molar-refractivity contribution in [1.82, 2.24) is 19.9 Å². The Kier molecular flexibility index (Phi) is 4.42. The van der Waals surface area contributed by atoms with E-state index in [0.717, 1.165) is 36.5 Å². The first-order valence-corrected chi connectivity index (χ1v) is 9.14. The van der Waals surface area contributed by atoms with Crippen LogP contribution in [0.5, 0.6) is 5.75 Å². The fraction of sp³-hybridized carbons (Fsp3) is 0.526. The van der Waals surface area contributed by atoms with E-state index >= 15 is 0 Å². The van der Waals surface area contributed by atoms with Gasteiger partial charge in [0, 0.05) is 25.2 Å². The highest BCUT2D eigenvalue weighted by Crippen LogP contribution is 2.39. The minimum absolute atomic E-state index is 0.175. The summed E-state index contributed by atoms with van der Waals surface area (Å²) in [5.74, 6) is 1.64. The molecule has 1 aliphatic heterocycles. The van der Waals surface area contributed by atoms with E-state index in [4.69, 9.17) is 4.74 Å². The lowest BCUT2D eigenvalue weighted by Gasteiger charge is -2.16. The minimum atomic E-state index is 0.175. The van der Waals surface area contributed by atoms with Crippen LogP contribution >= 0.6 is 0 Å². The van der Waals surface area contributed by atoms with E-state index in [9.17, 15) is 4.79 Å². The van der Waals surface area contributed by atoms with Crippen LogP contribution in [0.3, 0.4) is 0 Å². The molecule has 25 heavy (non-hydrogen) atoms. The van der Waals surface area contributed by atoms with Crippen molar-refractivity contribution in [2.45, 2.75) is 44.6 Å². The smallest absolute Gasteiger partial charge is 0.227 e. The monoisotopic (exact) mass is 340 g/mol. The van der Waals surface area contributed by atoms with E-state index in [0.29, 0.717) is 18.9 Å². The quantitative estimate of drug-likeness (QED) is 0.811. The minimum Gasteiger partial charge on any atom is -0.494 e. The molecule has 1 amide bonds. The first kappa shape index (κ1) is 16.1. The molecule has 1 saturated heterocycles. The molecule has 4 rings (SSSR count). The maximum absolute atomic E-state index is 12.6. The summed E-state index contributed by atoms with van der Waals surface area (Å²) in [7, 11) is 0. The zero-order chi connectivity index (χ0) is 17.2. The first-order chi connectivity index (χ1) is 12.2. The number of rotatable bonds is 6. The molecule has 0 bridgehead atoms. The zero-order valence-corrected chi connectivity index (χ0v) is 14.6. The van der Waals surface area contributed by atoms with Gasteiger partial charge in [0.1, 0.15) is 5.75 Å². The first-order valence-electron chi connectivity index (χ1n) is 9.14. The van der Waals surface area contributed by atoms with Gasteiger partial charge in [-0.2, -0.15) is 0 Å². The lowest BCUT2D eigenvalue weighted by atomic mass is 10.1. The van der Waals surface area contributed by atoms with Crippen LogP contribution in [0.2, 0.25) is 0 Å². The van der Waals surface area contributed by atoms with Crippen LogP contribution in [0.1, 0.15) is 49.4 Å². The largest absolute Gasteiger partial charge is 0.494 e. The zero-order valence-electron chi connectivity index (χ0n) is 14.6. The van der Waals surface area contributed by atoms with Gasteiger partial charge < -0.3 is 9.64 Å². The van der Waals surface area contributed by atoms with Crippen LogP contribution < -0.4 is 4.74 Å². The van der Waals surface area contributed by atoms with Gasteiger partial charge in [0.25, 0.3) is 0 Å². The Hall–Kier alpha value is -2.37. The van der Waals surface area contributed by atoms with E-state index < -0.39 is 0 Å². The standard InChI is InChI=1S/C19H24N4O2/c1-2-25-17-7-3-14(4-8-17)11-19(24)22-10-9-16(12-22)23-13-18(20-21-23)15-5-6-15/h3-4,7-8,13,15-16H,2,5-6,9-12H2,1H3. The third-order valence-corrected chi connectivity index (χ3v) is 5.00. The number of amides is 1. The summed E-state index contributed by atoms with van der Waals surface area (Å²) >= 11 is 0. The Morgan fingerprint density at radius 2 is 2.04 bits per heavy atom.